The van der Waals surface area contributed by atoms with E-state index in [9.17, 15) is 13.2 Å². The molecule has 0 radical (unpaired) electrons. The molecule has 2 rings (SSSR count). The van der Waals surface area contributed by atoms with E-state index in [1.165, 1.54) is 0 Å². The van der Waals surface area contributed by atoms with E-state index >= 15 is 0 Å². The third-order valence-electron chi connectivity index (χ3n) is 3.78. The molecule has 0 unspecified atom stereocenters. The van der Waals surface area contributed by atoms with Gasteiger partial charge in [0.2, 0.25) is 15.9 Å². The fraction of sp³-hybridized carbons (Fsp3) is 0.278. The van der Waals surface area contributed by atoms with Crippen LogP contribution >= 0.6 is 0 Å². The highest BCUT2D eigenvalue weighted by Crippen LogP contribution is 2.17. The number of aryl methyl sites for hydroxylation is 1. The van der Waals surface area contributed by atoms with Crippen molar-refractivity contribution in [3.05, 3.63) is 65.7 Å². The fourth-order valence-electron chi connectivity index (χ4n) is 2.33. The van der Waals surface area contributed by atoms with E-state index in [1.807, 2.05) is 37.3 Å². The summed E-state index contributed by atoms with van der Waals surface area (Å²) in [6, 6.07) is 15.7. The molecule has 2 aromatic rings. The van der Waals surface area contributed by atoms with Crippen LogP contribution in [0.5, 0.6) is 0 Å². The van der Waals surface area contributed by atoms with Gasteiger partial charge in [-0.15, -0.1) is 0 Å². The summed E-state index contributed by atoms with van der Waals surface area (Å²) in [5, 5.41) is 2.56. The minimum absolute atomic E-state index is 0.0370. The van der Waals surface area contributed by atoms with Gasteiger partial charge in [0.05, 0.1) is 4.90 Å². The molecule has 0 fully saturated rings. The predicted octanol–water partition coefficient (Wildman–Crippen LogP) is 2.40. The Labute approximate surface area is 143 Å². The lowest BCUT2D eigenvalue weighted by Crippen LogP contribution is -2.26. The second-order valence-corrected chi connectivity index (χ2v) is 7.28. The van der Waals surface area contributed by atoms with Gasteiger partial charge >= 0.3 is 0 Å². The van der Waals surface area contributed by atoms with Crippen LogP contribution in [-0.4, -0.2) is 21.4 Å². The van der Waals surface area contributed by atoms with Crippen LogP contribution < -0.4 is 10.0 Å². The second kappa shape index (κ2) is 8.08. The summed E-state index contributed by atoms with van der Waals surface area (Å²) in [7, 11) is -1.99. The van der Waals surface area contributed by atoms with Crippen molar-refractivity contribution in [3.63, 3.8) is 0 Å². The monoisotopic (exact) mass is 346 g/mol. The highest BCUT2D eigenvalue weighted by molar-refractivity contribution is 7.89. The Bertz CT molecular complexity index is 772. The van der Waals surface area contributed by atoms with Gasteiger partial charge < -0.3 is 5.32 Å². The first kappa shape index (κ1) is 18.2. The summed E-state index contributed by atoms with van der Waals surface area (Å²) in [5.41, 5.74) is 1.83. The molecule has 5 nitrogen and oxygen atoms in total. The zero-order valence-electron chi connectivity index (χ0n) is 13.8. The van der Waals surface area contributed by atoms with Gasteiger partial charge in [0.1, 0.15) is 0 Å². The Kier molecular flexibility index (Phi) is 6.11. The summed E-state index contributed by atoms with van der Waals surface area (Å²) in [6.45, 7) is 1.81. The fourth-order valence-corrected chi connectivity index (χ4v) is 3.56. The first-order chi connectivity index (χ1) is 11.4. The first-order valence-electron chi connectivity index (χ1n) is 7.79. The van der Waals surface area contributed by atoms with Gasteiger partial charge in [0, 0.05) is 19.5 Å². The third kappa shape index (κ3) is 4.91. The maximum atomic E-state index is 12.5. The second-order valence-electron chi connectivity index (χ2n) is 5.57. The van der Waals surface area contributed by atoms with Crippen molar-refractivity contribution < 1.29 is 13.2 Å². The Morgan fingerprint density at radius 3 is 2.25 bits per heavy atom. The molecule has 1 amide bonds. The topological polar surface area (TPSA) is 75.3 Å². The SMILES string of the molecule is CNC(=O)CCc1ccc(S(=O)(=O)N[C@@H](C)c2ccccc2)cc1. The maximum absolute atomic E-state index is 12.5. The lowest BCUT2D eigenvalue weighted by Gasteiger charge is -2.15. The number of nitrogens with one attached hydrogen (secondary N) is 2. The molecule has 0 aliphatic rings. The minimum Gasteiger partial charge on any atom is -0.359 e. The number of amides is 1. The molecule has 24 heavy (non-hydrogen) atoms. The molecule has 0 aliphatic heterocycles. The highest BCUT2D eigenvalue weighted by Gasteiger charge is 2.18. The number of hydrogen-bond donors (Lipinski definition) is 2. The van der Waals surface area contributed by atoms with Gasteiger partial charge in [-0.3, -0.25) is 4.79 Å². The average Bonchev–Trinajstić information content (AvgIpc) is 2.60. The molecule has 0 saturated carbocycles. The van der Waals surface area contributed by atoms with Crippen molar-refractivity contribution in [2.45, 2.75) is 30.7 Å². The third-order valence-corrected chi connectivity index (χ3v) is 5.34. The largest absolute Gasteiger partial charge is 0.359 e. The normalized spacial score (nSPS) is 12.6. The van der Waals surface area contributed by atoms with Crippen LogP contribution in [0, 0.1) is 0 Å². The minimum atomic E-state index is -3.59. The molecule has 1 atom stereocenters. The zero-order chi connectivity index (χ0) is 17.6. The number of sulfonamides is 1. The van der Waals surface area contributed by atoms with E-state index in [2.05, 4.69) is 10.0 Å². The smallest absolute Gasteiger partial charge is 0.241 e. The van der Waals surface area contributed by atoms with E-state index in [-0.39, 0.29) is 16.8 Å². The van der Waals surface area contributed by atoms with Crippen molar-refractivity contribution in [3.8, 4) is 0 Å². The molecular formula is C18H22N2O3S. The summed E-state index contributed by atoms with van der Waals surface area (Å²) in [5.74, 6) is -0.0370. The van der Waals surface area contributed by atoms with Gasteiger partial charge in [-0.25, -0.2) is 13.1 Å². The summed E-state index contributed by atoms with van der Waals surface area (Å²) >= 11 is 0. The number of benzene rings is 2. The van der Waals surface area contributed by atoms with Gasteiger partial charge in [0.25, 0.3) is 0 Å². The van der Waals surface area contributed by atoms with E-state index in [4.69, 9.17) is 0 Å². The summed E-state index contributed by atoms with van der Waals surface area (Å²) in [6.07, 6.45) is 0.958. The van der Waals surface area contributed by atoms with E-state index in [0.717, 1.165) is 11.1 Å². The molecule has 0 bridgehead atoms. The molecule has 0 heterocycles. The Balaban J connectivity index is 2.05. The number of carbonyl (C=O) groups is 1. The van der Waals surface area contributed by atoms with Crippen LogP contribution in [0.4, 0.5) is 0 Å². The molecule has 128 valence electrons. The quantitative estimate of drug-likeness (QED) is 0.808. The number of rotatable bonds is 7. The predicted molar refractivity (Wildman–Crippen MR) is 94.0 cm³/mol. The Morgan fingerprint density at radius 1 is 1.04 bits per heavy atom. The lowest BCUT2D eigenvalue weighted by atomic mass is 10.1. The summed E-state index contributed by atoms with van der Waals surface area (Å²) in [4.78, 5) is 11.5. The summed E-state index contributed by atoms with van der Waals surface area (Å²) < 4.78 is 27.6. The van der Waals surface area contributed by atoms with Gasteiger partial charge in [-0.1, -0.05) is 42.5 Å². The van der Waals surface area contributed by atoms with Crippen LogP contribution in [0.3, 0.4) is 0 Å². The molecular weight excluding hydrogens is 324 g/mol. The molecule has 0 spiro atoms. The van der Waals surface area contributed by atoms with E-state index in [0.29, 0.717) is 12.8 Å². The highest BCUT2D eigenvalue weighted by atomic mass is 32.2. The van der Waals surface area contributed by atoms with Crippen LogP contribution in [0.15, 0.2) is 59.5 Å². The van der Waals surface area contributed by atoms with Gasteiger partial charge in [-0.05, 0) is 36.6 Å². The van der Waals surface area contributed by atoms with Crippen LogP contribution in [0.1, 0.15) is 30.5 Å². The molecule has 6 heteroatoms. The van der Waals surface area contributed by atoms with Crippen molar-refractivity contribution in [1.29, 1.82) is 0 Å². The number of carbonyl (C=O) groups excluding carboxylic acids is 1. The Morgan fingerprint density at radius 2 is 1.67 bits per heavy atom. The first-order valence-corrected chi connectivity index (χ1v) is 9.27. The standard InChI is InChI=1S/C18H22N2O3S/c1-14(16-6-4-3-5-7-16)20-24(22,23)17-11-8-15(9-12-17)10-13-18(21)19-2/h3-9,11-12,14,20H,10,13H2,1-2H3,(H,19,21)/t14-/m0/s1. The zero-order valence-corrected chi connectivity index (χ0v) is 14.6. The number of hydrogen-bond acceptors (Lipinski definition) is 3. The van der Waals surface area contributed by atoms with Gasteiger partial charge in [-0.2, -0.15) is 0 Å². The molecule has 2 aromatic carbocycles. The van der Waals surface area contributed by atoms with Crippen molar-refractivity contribution in [2.24, 2.45) is 0 Å². The van der Waals surface area contributed by atoms with E-state index in [1.54, 1.807) is 31.3 Å². The Hall–Kier alpha value is -2.18. The lowest BCUT2D eigenvalue weighted by molar-refractivity contribution is -0.120. The van der Waals surface area contributed by atoms with Crippen molar-refractivity contribution in [2.75, 3.05) is 7.05 Å². The molecule has 2 N–H and O–H groups in total. The molecule has 0 aliphatic carbocycles. The van der Waals surface area contributed by atoms with Gasteiger partial charge in [0.15, 0.2) is 0 Å². The van der Waals surface area contributed by atoms with Crippen LogP contribution in [0.25, 0.3) is 0 Å². The van der Waals surface area contributed by atoms with Crippen LogP contribution in [0.2, 0.25) is 0 Å². The van der Waals surface area contributed by atoms with E-state index < -0.39 is 10.0 Å². The average molecular weight is 346 g/mol. The molecule has 0 saturated heterocycles. The molecule has 0 aromatic heterocycles. The maximum Gasteiger partial charge on any atom is 0.241 e. The van der Waals surface area contributed by atoms with Crippen LogP contribution in [-0.2, 0) is 21.2 Å². The van der Waals surface area contributed by atoms with Crippen molar-refractivity contribution >= 4 is 15.9 Å². The van der Waals surface area contributed by atoms with Crippen molar-refractivity contribution in [1.82, 2.24) is 10.0 Å².